The molecular formula is C18H20N2O3. The van der Waals surface area contributed by atoms with Crippen molar-refractivity contribution in [3.05, 3.63) is 53.6 Å². The Balaban J connectivity index is 1.99. The van der Waals surface area contributed by atoms with E-state index < -0.39 is 11.8 Å². The van der Waals surface area contributed by atoms with Gasteiger partial charge in [0.2, 0.25) is 0 Å². The van der Waals surface area contributed by atoms with Crippen molar-refractivity contribution in [1.82, 2.24) is 0 Å². The summed E-state index contributed by atoms with van der Waals surface area (Å²) in [5.41, 5.74) is 3.09. The van der Waals surface area contributed by atoms with Crippen molar-refractivity contribution >= 4 is 23.2 Å². The van der Waals surface area contributed by atoms with E-state index in [4.69, 9.17) is 4.74 Å². The topological polar surface area (TPSA) is 67.4 Å². The maximum Gasteiger partial charge on any atom is 0.314 e. The lowest BCUT2D eigenvalue weighted by molar-refractivity contribution is -0.133. The third-order valence-corrected chi connectivity index (χ3v) is 3.27. The number of anilines is 2. The Morgan fingerprint density at radius 2 is 1.61 bits per heavy atom. The van der Waals surface area contributed by atoms with Crippen LogP contribution in [-0.4, -0.2) is 18.4 Å². The van der Waals surface area contributed by atoms with E-state index >= 15 is 0 Å². The van der Waals surface area contributed by atoms with Crippen LogP contribution in [-0.2, 0) is 9.59 Å². The first-order chi connectivity index (χ1) is 11.0. The first-order valence-electron chi connectivity index (χ1n) is 7.42. The minimum Gasteiger partial charge on any atom is -0.494 e. The largest absolute Gasteiger partial charge is 0.494 e. The average molecular weight is 312 g/mol. The molecule has 2 aromatic carbocycles. The smallest absolute Gasteiger partial charge is 0.314 e. The number of rotatable bonds is 4. The van der Waals surface area contributed by atoms with Gasteiger partial charge in [-0.2, -0.15) is 0 Å². The standard InChI is InChI=1S/C18H20N2O3/c1-4-23-15-9-7-14(8-10-15)19-17(21)18(22)20-16-11-12(2)5-6-13(16)3/h5-11H,4H2,1-3H3,(H,19,21)(H,20,22). The van der Waals surface area contributed by atoms with Gasteiger partial charge in [0.15, 0.2) is 0 Å². The number of ether oxygens (including phenoxy) is 1. The van der Waals surface area contributed by atoms with E-state index in [1.807, 2.05) is 39.0 Å². The van der Waals surface area contributed by atoms with Gasteiger partial charge in [-0.15, -0.1) is 0 Å². The molecule has 2 rings (SSSR count). The van der Waals surface area contributed by atoms with Crippen molar-refractivity contribution in [2.24, 2.45) is 0 Å². The highest BCUT2D eigenvalue weighted by Crippen LogP contribution is 2.17. The molecule has 0 aliphatic heterocycles. The molecule has 0 aromatic heterocycles. The molecule has 0 aliphatic carbocycles. The molecule has 120 valence electrons. The molecule has 0 unspecified atom stereocenters. The molecule has 5 nitrogen and oxygen atoms in total. The van der Waals surface area contributed by atoms with Crippen LogP contribution in [0.15, 0.2) is 42.5 Å². The van der Waals surface area contributed by atoms with Crippen molar-refractivity contribution in [1.29, 1.82) is 0 Å². The second-order valence-corrected chi connectivity index (χ2v) is 5.18. The molecule has 0 heterocycles. The molecule has 0 fully saturated rings. The fraction of sp³-hybridized carbons (Fsp3) is 0.222. The summed E-state index contributed by atoms with van der Waals surface area (Å²) in [6.45, 7) is 6.27. The summed E-state index contributed by atoms with van der Waals surface area (Å²) in [5.74, 6) is -0.701. The molecule has 0 aliphatic rings. The number of nitrogens with one attached hydrogen (secondary N) is 2. The summed E-state index contributed by atoms with van der Waals surface area (Å²) in [5, 5.41) is 5.19. The molecule has 0 atom stereocenters. The molecule has 0 spiro atoms. The van der Waals surface area contributed by atoms with Crippen LogP contribution < -0.4 is 15.4 Å². The Bertz CT molecular complexity index is 709. The van der Waals surface area contributed by atoms with Gasteiger partial charge in [-0.05, 0) is 62.2 Å². The third-order valence-electron chi connectivity index (χ3n) is 3.27. The third kappa shape index (κ3) is 4.57. The molecule has 5 heteroatoms. The lowest BCUT2D eigenvalue weighted by atomic mass is 10.1. The van der Waals surface area contributed by atoms with Crippen molar-refractivity contribution in [3.8, 4) is 5.75 Å². The SMILES string of the molecule is CCOc1ccc(NC(=O)C(=O)Nc2cc(C)ccc2C)cc1. The number of amides is 2. The first-order valence-corrected chi connectivity index (χ1v) is 7.42. The molecule has 0 radical (unpaired) electrons. The number of aryl methyl sites for hydroxylation is 2. The van der Waals surface area contributed by atoms with Crippen molar-refractivity contribution < 1.29 is 14.3 Å². The zero-order valence-corrected chi connectivity index (χ0v) is 13.5. The highest BCUT2D eigenvalue weighted by Gasteiger charge is 2.15. The summed E-state index contributed by atoms with van der Waals surface area (Å²) in [6, 6.07) is 12.5. The number of hydrogen-bond donors (Lipinski definition) is 2. The van der Waals surface area contributed by atoms with Crippen LogP contribution in [0.1, 0.15) is 18.1 Å². The van der Waals surface area contributed by atoms with Crippen LogP contribution in [0.2, 0.25) is 0 Å². The normalized spacial score (nSPS) is 10.0. The molecule has 2 N–H and O–H groups in total. The maximum atomic E-state index is 12.0. The van der Waals surface area contributed by atoms with Gasteiger partial charge >= 0.3 is 11.8 Å². The molecule has 23 heavy (non-hydrogen) atoms. The number of hydrogen-bond acceptors (Lipinski definition) is 3. The molecule has 0 saturated heterocycles. The quantitative estimate of drug-likeness (QED) is 0.851. The fourth-order valence-electron chi connectivity index (χ4n) is 2.04. The second kappa shape index (κ2) is 7.45. The predicted molar refractivity (Wildman–Crippen MR) is 90.8 cm³/mol. The molecule has 2 amide bonds. The van der Waals surface area contributed by atoms with E-state index in [2.05, 4.69) is 10.6 Å². The molecule has 2 aromatic rings. The monoisotopic (exact) mass is 312 g/mol. The van der Waals surface area contributed by atoms with E-state index in [0.29, 0.717) is 23.7 Å². The van der Waals surface area contributed by atoms with Crippen molar-refractivity contribution in [3.63, 3.8) is 0 Å². The van der Waals surface area contributed by atoms with Crippen LogP contribution in [0.25, 0.3) is 0 Å². The molecule has 0 bridgehead atoms. The minimum absolute atomic E-state index is 0.537. The zero-order chi connectivity index (χ0) is 16.8. The Hall–Kier alpha value is -2.82. The Kier molecular flexibility index (Phi) is 5.36. The lowest BCUT2D eigenvalue weighted by Crippen LogP contribution is -2.29. The van der Waals surface area contributed by atoms with Gasteiger partial charge in [0.25, 0.3) is 0 Å². The second-order valence-electron chi connectivity index (χ2n) is 5.18. The summed E-state index contributed by atoms with van der Waals surface area (Å²) in [4.78, 5) is 24.0. The fourth-order valence-corrected chi connectivity index (χ4v) is 2.04. The van der Waals surface area contributed by atoms with Crippen LogP contribution >= 0.6 is 0 Å². The Morgan fingerprint density at radius 3 is 2.26 bits per heavy atom. The van der Waals surface area contributed by atoms with Gasteiger partial charge in [-0.1, -0.05) is 12.1 Å². The summed E-state index contributed by atoms with van der Waals surface area (Å²) in [7, 11) is 0. The van der Waals surface area contributed by atoms with Gasteiger partial charge in [0.05, 0.1) is 6.61 Å². The minimum atomic E-state index is -0.713. The number of carbonyl (C=O) groups excluding carboxylic acids is 2. The van der Waals surface area contributed by atoms with E-state index in [0.717, 1.165) is 11.1 Å². The van der Waals surface area contributed by atoms with E-state index in [-0.39, 0.29) is 0 Å². The maximum absolute atomic E-state index is 12.0. The summed E-state index contributed by atoms with van der Waals surface area (Å²) < 4.78 is 5.32. The zero-order valence-electron chi connectivity index (χ0n) is 13.5. The van der Waals surface area contributed by atoms with Gasteiger partial charge in [-0.25, -0.2) is 0 Å². The lowest BCUT2D eigenvalue weighted by Gasteiger charge is -2.10. The first kappa shape index (κ1) is 16.5. The van der Waals surface area contributed by atoms with Gasteiger partial charge in [0, 0.05) is 11.4 Å². The van der Waals surface area contributed by atoms with Gasteiger partial charge < -0.3 is 15.4 Å². The highest BCUT2D eigenvalue weighted by molar-refractivity contribution is 6.43. The molecular weight excluding hydrogens is 292 g/mol. The number of carbonyl (C=O) groups is 2. The Morgan fingerprint density at radius 1 is 0.957 bits per heavy atom. The van der Waals surface area contributed by atoms with Crippen LogP contribution in [0.5, 0.6) is 5.75 Å². The highest BCUT2D eigenvalue weighted by atomic mass is 16.5. The van der Waals surface area contributed by atoms with E-state index in [1.54, 1.807) is 24.3 Å². The van der Waals surface area contributed by atoms with Crippen LogP contribution in [0.4, 0.5) is 11.4 Å². The van der Waals surface area contributed by atoms with Crippen molar-refractivity contribution in [2.45, 2.75) is 20.8 Å². The van der Waals surface area contributed by atoms with Gasteiger partial charge in [0.1, 0.15) is 5.75 Å². The summed E-state index contributed by atoms with van der Waals surface area (Å²) in [6.07, 6.45) is 0. The molecule has 0 saturated carbocycles. The van der Waals surface area contributed by atoms with Crippen LogP contribution in [0, 0.1) is 13.8 Å². The van der Waals surface area contributed by atoms with Crippen LogP contribution in [0.3, 0.4) is 0 Å². The average Bonchev–Trinajstić information content (AvgIpc) is 2.53. The Labute approximate surface area is 135 Å². The van der Waals surface area contributed by atoms with E-state index in [9.17, 15) is 9.59 Å². The predicted octanol–water partition coefficient (Wildman–Crippen LogP) is 3.28. The number of benzene rings is 2. The van der Waals surface area contributed by atoms with E-state index in [1.165, 1.54) is 0 Å². The summed E-state index contributed by atoms with van der Waals surface area (Å²) >= 11 is 0. The van der Waals surface area contributed by atoms with Gasteiger partial charge in [-0.3, -0.25) is 9.59 Å². The van der Waals surface area contributed by atoms with Crippen molar-refractivity contribution in [2.75, 3.05) is 17.2 Å².